The van der Waals surface area contributed by atoms with Gasteiger partial charge in [-0.2, -0.15) is 0 Å². The number of carbonyl (C=O) groups is 6. The predicted molar refractivity (Wildman–Crippen MR) is 317 cm³/mol. The van der Waals surface area contributed by atoms with Gasteiger partial charge in [-0.05, 0) is 147 Å². The molecule has 3 fully saturated rings. The van der Waals surface area contributed by atoms with Crippen molar-refractivity contribution in [3.63, 3.8) is 0 Å². The van der Waals surface area contributed by atoms with Crippen LogP contribution in [0.25, 0.3) is 11.3 Å². The Morgan fingerprint density at radius 2 is 1.49 bits per heavy atom. The molecule has 1 aromatic heterocycles. The van der Waals surface area contributed by atoms with E-state index in [0.29, 0.717) is 63.4 Å². The predicted octanol–water partition coefficient (Wildman–Crippen LogP) is 6.78. The molecule has 2 aromatic rings. The second kappa shape index (κ2) is 29.8. The third-order valence-corrected chi connectivity index (χ3v) is 15.4. The van der Waals surface area contributed by atoms with Crippen LogP contribution in [-0.2, 0) is 54.0 Å². The molecule has 7 N–H and O–H groups in total. The number of ketones is 1. The van der Waals surface area contributed by atoms with Crippen LogP contribution in [0.15, 0.2) is 30.5 Å². The van der Waals surface area contributed by atoms with Gasteiger partial charge in [-0.15, -0.1) is 5.10 Å². The molecule has 0 spiro atoms. The van der Waals surface area contributed by atoms with Crippen molar-refractivity contribution in [3.05, 3.63) is 30.5 Å². The smallest absolute Gasteiger partial charge is 0.412 e. The van der Waals surface area contributed by atoms with Gasteiger partial charge < -0.3 is 64.7 Å². The number of nitrogens with two attached hydrogens (primary N) is 1. The number of alkyl carbamates (subject to hydrolysis) is 2. The number of nitrogens with one attached hydrogen (secondary N) is 4. The van der Waals surface area contributed by atoms with Gasteiger partial charge in [0.05, 0.1) is 30.0 Å². The van der Waals surface area contributed by atoms with Crippen molar-refractivity contribution >= 4 is 41.8 Å². The minimum Gasteiger partial charge on any atom is -0.458 e. The van der Waals surface area contributed by atoms with Gasteiger partial charge in [0.15, 0.2) is 17.7 Å². The van der Waals surface area contributed by atoms with Crippen molar-refractivity contribution in [2.75, 3.05) is 58.2 Å². The van der Waals surface area contributed by atoms with Crippen molar-refractivity contribution in [3.8, 4) is 11.3 Å². The summed E-state index contributed by atoms with van der Waals surface area (Å²) in [6, 6.07) is 5.37. The number of rotatable bonds is 19. The molecule has 0 radical (unpaired) electrons. The summed E-state index contributed by atoms with van der Waals surface area (Å²) >= 11 is 0. The highest BCUT2D eigenvalue weighted by Gasteiger charge is 2.59. The lowest BCUT2D eigenvalue weighted by atomic mass is 9.78. The molecule has 85 heavy (non-hydrogen) atoms. The number of unbranched alkanes of at least 4 members (excludes halogenated alkanes) is 1. The van der Waals surface area contributed by atoms with E-state index in [1.54, 1.807) is 97.9 Å². The molecule has 3 aliphatic rings. The van der Waals surface area contributed by atoms with E-state index in [1.807, 2.05) is 50.9 Å². The van der Waals surface area contributed by atoms with Gasteiger partial charge in [0, 0.05) is 82.2 Å². The summed E-state index contributed by atoms with van der Waals surface area (Å²) in [4.78, 5) is 84.6. The number of aliphatic hydroxyl groups excluding tert-OH is 1. The van der Waals surface area contributed by atoms with Crippen LogP contribution in [0.1, 0.15) is 143 Å². The molecule has 13 atom stereocenters. The minimum absolute atomic E-state index is 0.151. The molecule has 4 amide bonds. The van der Waals surface area contributed by atoms with Crippen LogP contribution in [0.3, 0.4) is 0 Å². The first-order chi connectivity index (χ1) is 39.5. The number of hydrogen-bond donors (Lipinski definition) is 6. The molecule has 3 aliphatic heterocycles. The van der Waals surface area contributed by atoms with Crippen LogP contribution in [0.4, 0.5) is 24.9 Å². The lowest BCUT2D eigenvalue weighted by Gasteiger charge is -2.46. The lowest BCUT2D eigenvalue weighted by molar-refractivity contribution is -0.292. The van der Waals surface area contributed by atoms with Gasteiger partial charge in [0.1, 0.15) is 40.6 Å². The fraction of sp³-hybridized carbons (Fsp3) is 0.767. The zero-order valence-corrected chi connectivity index (χ0v) is 53.4. The molecule has 0 bridgehead atoms. The number of Topliss-reactive ketones (excluding diaryl/α,β-unsaturated/α-hetero) is 1. The van der Waals surface area contributed by atoms with Gasteiger partial charge >= 0.3 is 30.3 Å². The number of ether oxygens (including phenoxy) is 8. The van der Waals surface area contributed by atoms with Crippen LogP contribution in [0.2, 0.25) is 0 Å². The third-order valence-electron chi connectivity index (χ3n) is 15.4. The number of aliphatic hydroxyl groups is 1. The summed E-state index contributed by atoms with van der Waals surface area (Å²) in [5, 5.41) is 32.4. The number of amides is 4. The van der Waals surface area contributed by atoms with E-state index in [2.05, 4.69) is 31.6 Å². The van der Waals surface area contributed by atoms with Crippen molar-refractivity contribution in [1.82, 2.24) is 40.7 Å². The summed E-state index contributed by atoms with van der Waals surface area (Å²) in [6.07, 6.45) is -3.90. The molecule has 3 saturated heterocycles. The fourth-order valence-corrected chi connectivity index (χ4v) is 11.3. The van der Waals surface area contributed by atoms with Gasteiger partial charge in [0.25, 0.3) is 0 Å². The number of benzene rings is 1. The summed E-state index contributed by atoms with van der Waals surface area (Å²) in [5.74, 6) is -3.82. The minimum atomic E-state index is -1.36. The van der Waals surface area contributed by atoms with Gasteiger partial charge in [-0.3, -0.25) is 29.4 Å². The highest BCUT2D eigenvalue weighted by atomic mass is 16.7. The largest absolute Gasteiger partial charge is 0.458 e. The summed E-state index contributed by atoms with van der Waals surface area (Å²) in [7, 11) is 1.52. The van der Waals surface area contributed by atoms with Crippen LogP contribution < -0.4 is 27.0 Å². The average Bonchev–Trinajstić information content (AvgIpc) is 2.03. The van der Waals surface area contributed by atoms with Gasteiger partial charge in [0.2, 0.25) is 0 Å². The van der Waals surface area contributed by atoms with E-state index in [9.17, 15) is 33.9 Å². The molecule has 1 aromatic carbocycles. The number of anilines is 1. The maximum atomic E-state index is 14.8. The Morgan fingerprint density at radius 3 is 2.08 bits per heavy atom. The van der Waals surface area contributed by atoms with E-state index in [-0.39, 0.29) is 38.4 Å². The quantitative estimate of drug-likeness (QED) is 0.0365. The lowest BCUT2D eigenvalue weighted by Crippen LogP contribution is -2.61. The first-order valence-corrected chi connectivity index (χ1v) is 30.0. The van der Waals surface area contributed by atoms with E-state index in [0.717, 1.165) is 5.56 Å². The molecule has 0 saturated carbocycles. The number of esters is 1. The van der Waals surface area contributed by atoms with Crippen LogP contribution in [0.5, 0.6) is 0 Å². The Bertz CT molecular complexity index is 2520. The maximum Gasteiger partial charge on any atom is 0.412 e. The molecule has 25 heteroatoms. The monoisotopic (exact) mass is 1200 g/mol. The Kier molecular flexibility index (Phi) is 24.6. The van der Waals surface area contributed by atoms with Gasteiger partial charge in [-0.25, -0.2) is 19.2 Å². The molecule has 4 heterocycles. The number of aryl methyl sites for hydroxylation is 1. The number of carbonyl (C=O) groups excluding carboxylic acids is 6. The Morgan fingerprint density at radius 1 is 0.894 bits per heavy atom. The Labute approximate surface area is 502 Å². The number of cyclic esters (lactones) is 1. The van der Waals surface area contributed by atoms with Crippen LogP contribution in [0, 0.1) is 17.8 Å². The maximum absolute atomic E-state index is 14.8. The van der Waals surface area contributed by atoms with Crippen molar-refractivity contribution in [2.24, 2.45) is 23.5 Å². The molecule has 5 rings (SSSR count). The summed E-state index contributed by atoms with van der Waals surface area (Å²) in [6.45, 7) is 31.0. The summed E-state index contributed by atoms with van der Waals surface area (Å²) in [5.41, 5.74) is 3.93. The first kappa shape index (κ1) is 70.1. The second-order valence-corrected chi connectivity index (χ2v) is 26.5. The molecular formula is C60H100N10O15. The van der Waals surface area contributed by atoms with Crippen molar-refractivity contribution in [2.45, 2.75) is 226 Å². The van der Waals surface area contributed by atoms with E-state index < -0.39 is 125 Å². The molecule has 2 unspecified atom stereocenters. The zero-order valence-electron chi connectivity index (χ0n) is 53.4. The number of nitrogens with zero attached hydrogens (tertiary/aromatic N) is 5. The zero-order chi connectivity index (χ0) is 63.4. The van der Waals surface area contributed by atoms with Crippen molar-refractivity contribution < 1.29 is 71.8 Å². The highest BCUT2D eigenvalue weighted by Crippen LogP contribution is 2.40. The fourth-order valence-electron chi connectivity index (χ4n) is 11.3. The molecular weight excluding hydrogens is 1100 g/mol. The van der Waals surface area contributed by atoms with Crippen molar-refractivity contribution in [1.29, 1.82) is 0 Å². The molecule has 0 aliphatic carbocycles. The normalized spacial score (nSPS) is 29.2. The van der Waals surface area contributed by atoms with E-state index in [1.165, 1.54) is 14.0 Å². The first-order valence-electron chi connectivity index (χ1n) is 30.0. The third kappa shape index (κ3) is 20.4. The highest BCUT2D eigenvalue weighted by molar-refractivity contribution is 6.00. The number of methoxy groups -OCH3 is 1. The SMILES string of the molecule is CC[C@H]1OC(=O)[C@H](C)C(=O)[C@H](C)[C@@H](O[C@@H]2O[C@H](CN(CCNC(=O)OC(C)(C)C)CCNC(=O)OC(C)(C)C)CC(N)C2O)[C@](C)(OC)C[C@@H](C)CN[C@H](C)[C@H]2N(CCCCn3cc(-c4cccc(NC(=O)OC(C)(C)C)c4)nn3)C(=O)O[C@]12C. The molecule has 480 valence electrons. The standard InChI is InChI=1S/C60H100N10O15/c1-18-45-60(16)48(70(55(77)85-60)27-20-19-26-69-35-44(66-67-69)40-22-21-23-41(30-40)65-54(76)84-58(12,13)14)39(5)64-33-36(2)32-59(15,78-17)49(37(3)46(71)38(4)50(73)80-45)81-51-47(72)43(61)31-42(79-51)34-68(28-24-62-52(74)82-56(6,7)8)29-25-63-53(75)83-57(9,10)11/h21-23,30,35-39,42-43,45,47-49,51,64,72H,18-20,24-29,31-34,61H2,1-17H3,(H,62,74)(H,63,75)(H,65,76)/t36-,37+,38-,39-,42+,43?,45-,47?,48-,49-,51+,59-,60-/m1/s1. The number of aromatic nitrogens is 3. The van der Waals surface area contributed by atoms with E-state index in [4.69, 9.17) is 43.6 Å². The molecule has 25 nitrogen and oxygen atoms in total. The van der Waals surface area contributed by atoms with Crippen LogP contribution >= 0.6 is 0 Å². The Hall–Kier alpha value is -5.70. The van der Waals surface area contributed by atoms with Crippen LogP contribution in [-0.4, -0.2) is 196 Å². The van der Waals surface area contributed by atoms with Gasteiger partial charge in [-0.1, -0.05) is 38.1 Å². The second-order valence-electron chi connectivity index (χ2n) is 26.5. The van der Waals surface area contributed by atoms with E-state index >= 15 is 0 Å². The number of hydrogen-bond acceptors (Lipinski definition) is 20. The summed E-state index contributed by atoms with van der Waals surface area (Å²) < 4.78 is 50.3. The Balaban J connectivity index is 1.32. The topological polar surface area (TPSA) is 308 Å². The number of fused-ring (bicyclic) bond motifs is 1. The average molecular weight is 1200 g/mol.